The number of ether oxygens (including phenoxy) is 1. The van der Waals surface area contributed by atoms with Crippen LogP contribution in [0, 0.1) is 0 Å². The summed E-state index contributed by atoms with van der Waals surface area (Å²) in [6.07, 6.45) is 1.10. The Morgan fingerprint density at radius 1 is 1.11 bits per heavy atom. The van der Waals surface area contributed by atoms with Crippen LogP contribution in [0.25, 0.3) is 17.0 Å². The number of nitrogens with zero attached hydrogens (tertiary/aromatic N) is 5. The molecule has 1 fully saturated rings. The predicted octanol–water partition coefficient (Wildman–Crippen LogP) is 3.99. The first-order chi connectivity index (χ1) is 13.8. The second-order valence-corrected chi connectivity index (χ2v) is 7.68. The lowest BCUT2D eigenvalue weighted by molar-refractivity contribution is 0.0394. The van der Waals surface area contributed by atoms with E-state index in [1.54, 1.807) is 11.3 Å². The van der Waals surface area contributed by atoms with E-state index < -0.39 is 0 Å². The average Bonchev–Trinajstić information content (AvgIpc) is 3.43. The Balaban J connectivity index is 1.43. The van der Waals surface area contributed by atoms with Crippen molar-refractivity contribution in [2.45, 2.75) is 19.4 Å². The molecule has 0 spiro atoms. The summed E-state index contributed by atoms with van der Waals surface area (Å²) in [7, 11) is 0. The third-order valence-corrected chi connectivity index (χ3v) is 5.86. The highest BCUT2D eigenvalue weighted by molar-refractivity contribution is 7.08. The van der Waals surface area contributed by atoms with Crippen LogP contribution in [0.15, 0.2) is 53.2 Å². The monoisotopic (exact) mass is 391 g/mol. The van der Waals surface area contributed by atoms with Crippen LogP contribution in [-0.2, 0) is 11.2 Å². The Hall–Kier alpha value is -2.77. The zero-order chi connectivity index (χ0) is 18.9. The van der Waals surface area contributed by atoms with Crippen molar-refractivity contribution in [2.75, 3.05) is 24.6 Å². The average molecular weight is 392 g/mol. The second-order valence-electron chi connectivity index (χ2n) is 6.90. The summed E-state index contributed by atoms with van der Waals surface area (Å²) < 4.78 is 7.88. The first-order valence-corrected chi connectivity index (χ1v) is 10.5. The fourth-order valence-corrected chi connectivity index (χ4v) is 4.18. The minimum Gasteiger partial charge on any atom is -0.370 e. The van der Waals surface area contributed by atoms with Gasteiger partial charge in [-0.25, -0.2) is 0 Å². The van der Waals surface area contributed by atoms with Gasteiger partial charge < -0.3 is 9.64 Å². The highest BCUT2D eigenvalue weighted by atomic mass is 32.1. The summed E-state index contributed by atoms with van der Waals surface area (Å²) in [6.45, 7) is 4.45. The number of fused-ring (bicyclic) bond motifs is 1. The van der Waals surface area contributed by atoms with Crippen molar-refractivity contribution < 1.29 is 4.74 Å². The van der Waals surface area contributed by atoms with E-state index in [4.69, 9.17) is 9.84 Å². The molecule has 142 valence electrons. The third kappa shape index (κ3) is 3.16. The molecule has 0 N–H and O–H groups in total. The van der Waals surface area contributed by atoms with E-state index in [1.807, 2.05) is 28.1 Å². The number of aryl methyl sites for hydroxylation is 1. The highest BCUT2D eigenvalue weighted by Gasteiger charge is 2.24. The van der Waals surface area contributed by atoms with Gasteiger partial charge in [-0.15, -0.1) is 15.3 Å². The van der Waals surface area contributed by atoms with Gasteiger partial charge in [0.05, 0.1) is 6.61 Å². The molecule has 3 aromatic heterocycles. The van der Waals surface area contributed by atoms with E-state index in [0.29, 0.717) is 6.61 Å². The van der Waals surface area contributed by atoms with Crippen LogP contribution < -0.4 is 4.90 Å². The lowest BCUT2D eigenvalue weighted by Crippen LogP contribution is -2.39. The lowest BCUT2D eigenvalue weighted by Gasteiger charge is -2.33. The van der Waals surface area contributed by atoms with Crippen molar-refractivity contribution in [1.29, 1.82) is 0 Å². The number of hydrogen-bond donors (Lipinski definition) is 0. The Labute approximate surface area is 167 Å². The Kier molecular flexibility index (Phi) is 4.54. The smallest absolute Gasteiger partial charge is 0.186 e. The van der Waals surface area contributed by atoms with Crippen LogP contribution in [0.1, 0.15) is 24.2 Å². The van der Waals surface area contributed by atoms with E-state index in [1.165, 1.54) is 11.1 Å². The van der Waals surface area contributed by atoms with Gasteiger partial charge in [-0.2, -0.15) is 15.9 Å². The Bertz CT molecular complexity index is 1070. The maximum Gasteiger partial charge on any atom is 0.186 e. The van der Waals surface area contributed by atoms with Crippen LogP contribution >= 0.6 is 11.3 Å². The first kappa shape index (κ1) is 17.3. The van der Waals surface area contributed by atoms with Gasteiger partial charge in [-0.1, -0.05) is 31.2 Å². The van der Waals surface area contributed by atoms with E-state index in [0.717, 1.165) is 42.4 Å². The van der Waals surface area contributed by atoms with E-state index in [9.17, 15) is 0 Å². The fraction of sp³-hybridized carbons (Fsp3) is 0.286. The number of aromatic nitrogens is 4. The molecule has 0 amide bonds. The van der Waals surface area contributed by atoms with Gasteiger partial charge >= 0.3 is 0 Å². The van der Waals surface area contributed by atoms with Crippen LogP contribution in [0.2, 0.25) is 0 Å². The Morgan fingerprint density at radius 3 is 2.79 bits per heavy atom. The molecule has 4 aromatic rings. The fourth-order valence-electron chi connectivity index (χ4n) is 3.55. The van der Waals surface area contributed by atoms with Crippen molar-refractivity contribution in [2.24, 2.45) is 0 Å². The van der Waals surface area contributed by atoms with E-state index in [-0.39, 0.29) is 6.10 Å². The van der Waals surface area contributed by atoms with Gasteiger partial charge in [0.25, 0.3) is 0 Å². The van der Waals surface area contributed by atoms with E-state index >= 15 is 0 Å². The predicted molar refractivity (Wildman–Crippen MR) is 111 cm³/mol. The maximum atomic E-state index is 6.04. The Morgan fingerprint density at radius 2 is 2.00 bits per heavy atom. The molecule has 1 aliphatic rings. The van der Waals surface area contributed by atoms with Crippen molar-refractivity contribution in [3.8, 4) is 11.4 Å². The summed E-state index contributed by atoms with van der Waals surface area (Å²) in [4.78, 5) is 2.28. The molecule has 0 radical (unpaired) electrons. The standard InChI is InChI=1S/C21H21N5OS/c1-2-15-3-5-16(6-4-15)18-13-25(10-11-27-18)20-8-7-19-22-23-21(26(19)24-20)17-9-12-28-14-17/h3-9,12,14,18H,2,10-11,13H2,1H3. The molecule has 1 saturated heterocycles. The first-order valence-electron chi connectivity index (χ1n) is 9.52. The van der Waals surface area contributed by atoms with Gasteiger partial charge in [0.2, 0.25) is 0 Å². The van der Waals surface area contributed by atoms with E-state index in [2.05, 4.69) is 51.7 Å². The summed E-state index contributed by atoms with van der Waals surface area (Å²) in [6, 6.07) is 14.8. The summed E-state index contributed by atoms with van der Waals surface area (Å²) in [5.74, 6) is 1.69. The molecule has 0 bridgehead atoms. The normalized spacial score (nSPS) is 17.3. The van der Waals surface area contributed by atoms with Crippen molar-refractivity contribution >= 4 is 22.8 Å². The van der Waals surface area contributed by atoms with Crippen molar-refractivity contribution in [3.05, 3.63) is 64.4 Å². The van der Waals surface area contributed by atoms with Gasteiger partial charge in [0.1, 0.15) is 11.9 Å². The molecule has 5 rings (SSSR count). The molecule has 0 saturated carbocycles. The number of hydrogen-bond acceptors (Lipinski definition) is 6. The van der Waals surface area contributed by atoms with Crippen LogP contribution in [0.4, 0.5) is 5.82 Å². The minimum atomic E-state index is 0.0504. The van der Waals surface area contributed by atoms with Crippen LogP contribution in [0.5, 0.6) is 0 Å². The third-order valence-electron chi connectivity index (χ3n) is 5.18. The highest BCUT2D eigenvalue weighted by Crippen LogP contribution is 2.27. The molecule has 1 atom stereocenters. The number of benzene rings is 1. The lowest BCUT2D eigenvalue weighted by atomic mass is 10.0. The molecule has 1 unspecified atom stereocenters. The van der Waals surface area contributed by atoms with Gasteiger partial charge in [-0.3, -0.25) is 0 Å². The molecule has 7 heteroatoms. The van der Waals surface area contributed by atoms with Gasteiger partial charge in [0.15, 0.2) is 11.5 Å². The summed E-state index contributed by atoms with van der Waals surface area (Å²) in [5.41, 5.74) is 4.35. The quantitative estimate of drug-likeness (QED) is 0.526. The number of anilines is 1. The second kappa shape index (κ2) is 7.33. The van der Waals surface area contributed by atoms with Crippen LogP contribution in [0.3, 0.4) is 0 Å². The number of thiophene rings is 1. The molecule has 1 aliphatic heterocycles. The largest absolute Gasteiger partial charge is 0.370 e. The van der Waals surface area contributed by atoms with Crippen molar-refractivity contribution in [3.63, 3.8) is 0 Å². The molecule has 0 aliphatic carbocycles. The number of morpholine rings is 1. The zero-order valence-electron chi connectivity index (χ0n) is 15.7. The minimum absolute atomic E-state index is 0.0504. The molecular weight excluding hydrogens is 370 g/mol. The van der Waals surface area contributed by atoms with Crippen LogP contribution in [-0.4, -0.2) is 39.5 Å². The molecule has 28 heavy (non-hydrogen) atoms. The van der Waals surface area contributed by atoms with Gasteiger partial charge in [-0.05, 0) is 41.1 Å². The summed E-state index contributed by atoms with van der Waals surface area (Å²) in [5, 5.41) is 17.5. The van der Waals surface area contributed by atoms with Crippen molar-refractivity contribution in [1.82, 2.24) is 19.8 Å². The maximum absolute atomic E-state index is 6.04. The summed E-state index contributed by atoms with van der Waals surface area (Å²) >= 11 is 1.64. The molecule has 1 aromatic carbocycles. The topological polar surface area (TPSA) is 55.6 Å². The molecule has 4 heterocycles. The SMILES string of the molecule is CCc1ccc(C2CN(c3ccc4nnc(-c5ccsc5)n4n3)CCO2)cc1. The molecular formula is C21H21N5OS. The molecule has 6 nitrogen and oxygen atoms in total. The van der Waals surface area contributed by atoms with Gasteiger partial charge in [0, 0.05) is 24.0 Å². The zero-order valence-corrected chi connectivity index (χ0v) is 16.5. The number of rotatable bonds is 4.